The van der Waals surface area contributed by atoms with E-state index in [0.29, 0.717) is 19.3 Å². The van der Waals surface area contributed by atoms with Crippen LogP contribution in [-0.4, -0.2) is 33.5 Å². The van der Waals surface area contributed by atoms with Gasteiger partial charge in [-0.05, 0) is 25.7 Å². The van der Waals surface area contributed by atoms with E-state index in [9.17, 15) is 15.0 Å². The molecule has 24 heavy (non-hydrogen) atoms. The number of hydrogen-bond acceptors (Lipinski definition) is 3. The van der Waals surface area contributed by atoms with E-state index in [1.54, 1.807) is 18.2 Å². The van der Waals surface area contributed by atoms with Crippen molar-refractivity contribution in [3.05, 3.63) is 48.6 Å². The number of hydrogen-bond donors (Lipinski definition) is 3. The van der Waals surface area contributed by atoms with Crippen LogP contribution in [0.15, 0.2) is 48.6 Å². The Balaban J connectivity index is 3.80. The fraction of sp³-hybridized carbons (Fsp3) is 0.550. The topological polar surface area (TPSA) is 77.8 Å². The molecule has 0 aliphatic heterocycles. The molecule has 0 radical (unpaired) electrons. The van der Waals surface area contributed by atoms with Crippen LogP contribution < -0.4 is 0 Å². The van der Waals surface area contributed by atoms with Gasteiger partial charge in [-0.15, -0.1) is 0 Å². The summed E-state index contributed by atoms with van der Waals surface area (Å²) >= 11 is 0. The quantitative estimate of drug-likeness (QED) is 0.253. The Bertz CT molecular complexity index is 421. The number of allylic oxidation sites excluding steroid dienone is 5. The Hall–Kier alpha value is -1.65. The maximum atomic E-state index is 10.3. The van der Waals surface area contributed by atoms with E-state index >= 15 is 0 Å². The van der Waals surface area contributed by atoms with Gasteiger partial charge in [0.15, 0.2) is 0 Å². The van der Waals surface area contributed by atoms with Crippen molar-refractivity contribution in [2.24, 2.45) is 0 Å². The van der Waals surface area contributed by atoms with Crippen LogP contribution in [0.25, 0.3) is 0 Å². The van der Waals surface area contributed by atoms with Gasteiger partial charge in [0.25, 0.3) is 0 Å². The molecule has 0 aromatic carbocycles. The number of unbranched alkanes of at least 4 members (excludes halogenated alkanes) is 3. The fourth-order valence-corrected chi connectivity index (χ4v) is 2.02. The van der Waals surface area contributed by atoms with E-state index in [4.69, 9.17) is 5.11 Å². The molecule has 2 atom stereocenters. The molecule has 0 spiro atoms. The first-order valence-electron chi connectivity index (χ1n) is 8.80. The third kappa shape index (κ3) is 16.7. The van der Waals surface area contributed by atoms with E-state index < -0.39 is 12.1 Å². The summed E-state index contributed by atoms with van der Waals surface area (Å²) in [4.78, 5) is 10.3. The molecular formula is C20H32O4. The fourth-order valence-electron chi connectivity index (χ4n) is 2.02. The number of rotatable bonds is 14. The van der Waals surface area contributed by atoms with Gasteiger partial charge in [-0.2, -0.15) is 0 Å². The summed E-state index contributed by atoms with van der Waals surface area (Å²) in [5.74, 6) is -0.777. The maximum absolute atomic E-state index is 10.3. The molecule has 4 nitrogen and oxygen atoms in total. The van der Waals surface area contributed by atoms with Gasteiger partial charge in [0.2, 0.25) is 0 Å². The molecule has 3 N–H and O–H groups in total. The van der Waals surface area contributed by atoms with Crippen LogP contribution in [0.1, 0.15) is 58.3 Å². The molecule has 0 saturated carbocycles. The van der Waals surface area contributed by atoms with Crippen LogP contribution in [0.2, 0.25) is 0 Å². The van der Waals surface area contributed by atoms with Crippen molar-refractivity contribution in [3.8, 4) is 0 Å². The second-order valence-corrected chi connectivity index (χ2v) is 5.78. The van der Waals surface area contributed by atoms with Crippen molar-refractivity contribution in [3.63, 3.8) is 0 Å². The van der Waals surface area contributed by atoms with Gasteiger partial charge >= 0.3 is 5.97 Å². The second-order valence-electron chi connectivity index (χ2n) is 5.78. The predicted molar refractivity (Wildman–Crippen MR) is 98.8 cm³/mol. The first kappa shape index (κ1) is 22.4. The largest absolute Gasteiger partial charge is 0.481 e. The average molecular weight is 336 g/mol. The molecule has 0 unspecified atom stereocenters. The summed E-state index contributed by atoms with van der Waals surface area (Å²) in [7, 11) is 0. The molecule has 0 bridgehead atoms. The molecular weight excluding hydrogens is 304 g/mol. The molecule has 0 aliphatic rings. The van der Waals surface area contributed by atoms with E-state index in [-0.39, 0.29) is 12.5 Å². The Labute approximate surface area is 145 Å². The number of carbonyl (C=O) groups is 1. The van der Waals surface area contributed by atoms with Crippen LogP contribution >= 0.6 is 0 Å². The van der Waals surface area contributed by atoms with Crippen LogP contribution in [0, 0.1) is 0 Å². The van der Waals surface area contributed by atoms with Crippen molar-refractivity contribution in [2.45, 2.75) is 70.5 Å². The smallest absolute Gasteiger partial charge is 0.303 e. The number of aliphatic hydroxyl groups is 2. The second kappa shape index (κ2) is 16.2. The number of aliphatic hydroxyl groups excluding tert-OH is 2. The summed E-state index contributed by atoms with van der Waals surface area (Å²) in [6.45, 7) is 2.14. The Morgan fingerprint density at radius 1 is 0.917 bits per heavy atom. The lowest BCUT2D eigenvalue weighted by atomic mass is 10.1. The van der Waals surface area contributed by atoms with Gasteiger partial charge in [0, 0.05) is 6.42 Å². The van der Waals surface area contributed by atoms with Crippen LogP contribution in [0.5, 0.6) is 0 Å². The Kier molecular flexibility index (Phi) is 15.1. The van der Waals surface area contributed by atoms with Crippen LogP contribution in [-0.2, 0) is 4.79 Å². The number of carboxylic acids is 1. The van der Waals surface area contributed by atoms with E-state index in [2.05, 4.69) is 6.92 Å². The molecule has 0 rings (SSSR count). The van der Waals surface area contributed by atoms with Crippen LogP contribution in [0.3, 0.4) is 0 Å². The minimum Gasteiger partial charge on any atom is -0.481 e. The molecule has 0 saturated heterocycles. The molecule has 136 valence electrons. The Morgan fingerprint density at radius 3 is 2.21 bits per heavy atom. The number of aliphatic carboxylic acids is 1. The van der Waals surface area contributed by atoms with Crippen molar-refractivity contribution in [1.82, 2.24) is 0 Å². The summed E-state index contributed by atoms with van der Waals surface area (Å²) in [6, 6.07) is 0. The predicted octanol–water partition coefficient (Wildman–Crippen LogP) is 4.16. The zero-order chi connectivity index (χ0) is 18.0. The number of carboxylic acid groups (broad SMARTS) is 1. The van der Waals surface area contributed by atoms with Crippen molar-refractivity contribution in [1.29, 1.82) is 0 Å². The summed E-state index contributed by atoms with van der Waals surface area (Å²) < 4.78 is 0. The minimum absolute atomic E-state index is 0.179. The SMILES string of the molecule is CCCCC[C@H](O)/C=C/C=C/C=C/[C@@H](O)C/C=C/CCCC(=O)O. The summed E-state index contributed by atoms with van der Waals surface area (Å²) in [5, 5.41) is 27.9. The van der Waals surface area contributed by atoms with E-state index in [0.717, 1.165) is 25.7 Å². The average Bonchev–Trinajstić information content (AvgIpc) is 2.54. The van der Waals surface area contributed by atoms with Gasteiger partial charge in [0.1, 0.15) is 0 Å². The van der Waals surface area contributed by atoms with Crippen molar-refractivity contribution >= 4 is 5.97 Å². The molecule has 0 fully saturated rings. The first-order chi connectivity index (χ1) is 11.6. The zero-order valence-electron chi connectivity index (χ0n) is 14.7. The molecule has 0 aromatic rings. The lowest BCUT2D eigenvalue weighted by molar-refractivity contribution is -0.137. The highest BCUT2D eigenvalue weighted by Crippen LogP contribution is 2.04. The van der Waals surface area contributed by atoms with Gasteiger partial charge in [-0.3, -0.25) is 4.79 Å². The summed E-state index contributed by atoms with van der Waals surface area (Å²) in [5.41, 5.74) is 0. The maximum Gasteiger partial charge on any atom is 0.303 e. The summed E-state index contributed by atoms with van der Waals surface area (Å²) in [6.07, 6.45) is 19.7. The lowest BCUT2D eigenvalue weighted by Gasteiger charge is -2.02. The van der Waals surface area contributed by atoms with Gasteiger partial charge in [-0.25, -0.2) is 0 Å². The highest BCUT2D eigenvalue weighted by Gasteiger charge is 1.97. The minimum atomic E-state index is -0.777. The molecule has 0 aromatic heterocycles. The lowest BCUT2D eigenvalue weighted by Crippen LogP contribution is -2.00. The van der Waals surface area contributed by atoms with Crippen LogP contribution in [0.4, 0.5) is 0 Å². The standard InChI is InChI=1S/C20H32O4/c1-2-3-8-13-18(21)14-9-4-5-10-15-19(22)16-11-6-7-12-17-20(23)24/h4-6,9-11,14-15,18-19,21-22H,2-3,7-8,12-13,16-17H2,1H3,(H,23,24)/b5-4+,11-6+,14-9+,15-10+/t18-,19+/m0/s1. The van der Waals surface area contributed by atoms with E-state index in [1.165, 1.54) is 0 Å². The highest BCUT2D eigenvalue weighted by atomic mass is 16.4. The normalized spacial score (nSPS) is 15.1. The van der Waals surface area contributed by atoms with Gasteiger partial charge in [-0.1, -0.05) is 74.8 Å². The molecule has 0 heterocycles. The third-order valence-corrected chi connectivity index (χ3v) is 3.41. The van der Waals surface area contributed by atoms with Gasteiger partial charge in [0.05, 0.1) is 12.2 Å². The van der Waals surface area contributed by atoms with E-state index in [1.807, 2.05) is 30.4 Å². The zero-order valence-corrected chi connectivity index (χ0v) is 14.7. The first-order valence-corrected chi connectivity index (χ1v) is 8.80. The van der Waals surface area contributed by atoms with Crippen molar-refractivity contribution < 1.29 is 20.1 Å². The Morgan fingerprint density at radius 2 is 1.58 bits per heavy atom. The molecule has 0 aliphatic carbocycles. The third-order valence-electron chi connectivity index (χ3n) is 3.41. The highest BCUT2D eigenvalue weighted by molar-refractivity contribution is 5.66. The van der Waals surface area contributed by atoms with Gasteiger partial charge < -0.3 is 15.3 Å². The molecule has 4 heteroatoms. The van der Waals surface area contributed by atoms with Crippen molar-refractivity contribution in [2.75, 3.05) is 0 Å². The molecule has 0 amide bonds. The monoisotopic (exact) mass is 336 g/mol.